The molecule has 1 unspecified atom stereocenters. The van der Waals surface area contributed by atoms with Gasteiger partial charge in [0.2, 0.25) is 0 Å². The predicted octanol–water partition coefficient (Wildman–Crippen LogP) is 3.69. The molecule has 0 aromatic carbocycles. The van der Waals surface area contributed by atoms with Gasteiger partial charge in [0.15, 0.2) is 0 Å². The summed E-state index contributed by atoms with van der Waals surface area (Å²) >= 11 is 0. The second kappa shape index (κ2) is 12.8. The zero-order valence-corrected chi connectivity index (χ0v) is 16.4. The third-order valence-electron chi connectivity index (χ3n) is 4.91. The van der Waals surface area contributed by atoms with Gasteiger partial charge < -0.3 is 9.90 Å². The first-order chi connectivity index (χ1) is 12.5. The number of aldehydes is 1. The number of amides is 1. The molecule has 150 valence electrons. The van der Waals surface area contributed by atoms with Crippen molar-refractivity contribution < 1.29 is 19.5 Å². The van der Waals surface area contributed by atoms with Crippen molar-refractivity contribution in [1.29, 1.82) is 0 Å². The summed E-state index contributed by atoms with van der Waals surface area (Å²) in [7, 11) is 0. The lowest BCUT2D eigenvalue weighted by atomic mass is 10.0. The van der Waals surface area contributed by atoms with Crippen LogP contribution in [-0.2, 0) is 14.4 Å². The molecule has 26 heavy (non-hydrogen) atoms. The van der Waals surface area contributed by atoms with Gasteiger partial charge >= 0.3 is 5.97 Å². The fraction of sp³-hybridized carbons (Fsp3) is 0.850. The molecule has 6 heteroatoms. The second-order valence-corrected chi connectivity index (χ2v) is 7.83. The van der Waals surface area contributed by atoms with E-state index in [0.717, 1.165) is 25.2 Å². The molecule has 0 radical (unpaired) electrons. The summed E-state index contributed by atoms with van der Waals surface area (Å²) in [4.78, 5) is 33.3. The molecule has 0 aromatic rings. The van der Waals surface area contributed by atoms with Gasteiger partial charge in [-0.3, -0.25) is 14.6 Å². The molecule has 0 bridgehead atoms. The summed E-state index contributed by atoms with van der Waals surface area (Å²) in [6.45, 7) is 4.55. The Balaban J connectivity index is 1.99. The van der Waals surface area contributed by atoms with Crippen molar-refractivity contribution in [3.8, 4) is 0 Å². The van der Waals surface area contributed by atoms with Crippen molar-refractivity contribution in [2.45, 2.75) is 103 Å². The monoisotopic (exact) mass is 368 g/mol. The van der Waals surface area contributed by atoms with Crippen LogP contribution in [0.2, 0.25) is 0 Å². The molecule has 0 spiro atoms. The van der Waals surface area contributed by atoms with Crippen LogP contribution in [0.4, 0.5) is 0 Å². The highest BCUT2D eigenvalue weighted by Crippen LogP contribution is 2.24. The lowest BCUT2D eigenvalue weighted by molar-refractivity contribution is -0.137. The highest BCUT2D eigenvalue weighted by molar-refractivity contribution is 5.96. The van der Waals surface area contributed by atoms with Crippen molar-refractivity contribution >= 4 is 18.2 Å². The van der Waals surface area contributed by atoms with Gasteiger partial charge in [0, 0.05) is 6.42 Å². The van der Waals surface area contributed by atoms with Crippen LogP contribution >= 0.6 is 0 Å². The highest BCUT2D eigenvalue weighted by atomic mass is 16.4. The SMILES string of the molecule is CC(C)CCCCCCCCCCC1C(=O)N1N[C@@H](C=O)CCC(=O)O. The zero-order valence-electron chi connectivity index (χ0n) is 16.4. The summed E-state index contributed by atoms with van der Waals surface area (Å²) < 4.78 is 0. The van der Waals surface area contributed by atoms with E-state index in [1.54, 1.807) is 0 Å². The van der Waals surface area contributed by atoms with E-state index in [2.05, 4.69) is 19.3 Å². The first-order valence-electron chi connectivity index (χ1n) is 10.2. The minimum atomic E-state index is -0.938. The van der Waals surface area contributed by atoms with Crippen LogP contribution in [0.1, 0.15) is 90.9 Å². The molecule has 6 nitrogen and oxygen atoms in total. The van der Waals surface area contributed by atoms with E-state index < -0.39 is 12.0 Å². The lowest BCUT2D eigenvalue weighted by Crippen LogP contribution is -2.37. The average Bonchev–Trinajstić information content (AvgIpc) is 3.20. The van der Waals surface area contributed by atoms with E-state index in [0.29, 0.717) is 6.29 Å². The number of hydrogen-bond donors (Lipinski definition) is 2. The second-order valence-electron chi connectivity index (χ2n) is 7.83. The lowest BCUT2D eigenvalue weighted by Gasteiger charge is -2.12. The molecule has 2 N–H and O–H groups in total. The fourth-order valence-corrected chi connectivity index (χ4v) is 3.19. The van der Waals surface area contributed by atoms with Gasteiger partial charge in [-0.2, -0.15) is 0 Å². The van der Waals surface area contributed by atoms with E-state index >= 15 is 0 Å². The van der Waals surface area contributed by atoms with Gasteiger partial charge in [0.05, 0.1) is 6.04 Å². The smallest absolute Gasteiger partial charge is 0.303 e. The number of hydrogen-bond acceptors (Lipinski definition) is 4. The maximum atomic E-state index is 11.8. The van der Waals surface area contributed by atoms with Crippen molar-refractivity contribution in [2.24, 2.45) is 5.92 Å². The Labute approximate surface area is 157 Å². The molecule has 0 saturated carbocycles. The Hall–Kier alpha value is -1.43. The van der Waals surface area contributed by atoms with Gasteiger partial charge in [0.25, 0.3) is 5.91 Å². The molecule has 1 fully saturated rings. The number of carbonyl (C=O) groups is 3. The molecule has 2 atom stereocenters. The predicted molar refractivity (Wildman–Crippen MR) is 101 cm³/mol. The molecule has 1 saturated heterocycles. The Morgan fingerprint density at radius 3 is 2.19 bits per heavy atom. The zero-order chi connectivity index (χ0) is 19.4. The first kappa shape index (κ1) is 22.6. The Morgan fingerprint density at radius 1 is 1.08 bits per heavy atom. The maximum Gasteiger partial charge on any atom is 0.303 e. The molecular weight excluding hydrogens is 332 g/mol. The van der Waals surface area contributed by atoms with Crippen LogP contribution in [0.5, 0.6) is 0 Å². The van der Waals surface area contributed by atoms with Crippen LogP contribution in [0, 0.1) is 5.92 Å². The Kier molecular flexibility index (Phi) is 11.2. The minimum Gasteiger partial charge on any atom is -0.481 e. The molecular formula is C20H36N2O4. The normalized spacial score (nSPS) is 17.6. The summed E-state index contributed by atoms with van der Waals surface area (Å²) in [5.41, 5.74) is 2.84. The number of rotatable bonds is 17. The molecule has 0 aromatic heterocycles. The number of unbranched alkanes of at least 4 members (excludes halogenated alkanes) is 7. The van der Waals surface area contributed by atoms with Crippen molar-refractivity contribution in [3.63, 3.8) is 0 Å². The molecule has 1 aliphatic heterocycles. The van der Waals surface area contributed by atoms with Crippen molar-refractivity contribution in [1.82, 2.24) is 10.4 Å². The topological polar surface area (TPSA) is 86.5 Å². The van der Waals surface area contributed by atoms with E-state index in [4.69, 9.17) is 5.11 Å². The summed E-state index contributed by atoms with van der Waals surface area (Å²) in [6, 6.07) is -0.742. The molecule has 1 heterocycles. The number of nitrogens with zero attached hydrogens (tertiary/aromatic N) is 1. The largest absolute Gasteiger partial charge is 0.481 e. The highest BCUT2D eigenvalue weighted by Gasteiger charge is 2.46. The fourth-order valence-electron chi connectivity index (χ4n) is 3.19. The van der Waals surface area contributed by atoms with E-state index in [1.807, 2.05) is 0 Å². The van der Waals surface area contributed by atoms with Crippen LogP contribution in [0.25, 0.3) is 0 Å². The number of nitrogens with one attached hydrogen (secondary N) is 1. The van der Waals surface area contributed by atoms with Crippen molar-refractivity contribution in [3.05, 3.63) is 0 Å². The third kappa shape index (κ3) is 9.90. The van der Waals surface area contributed by atoms with Crippen LogP contribution in [0.15, 0.2) is 0 Å². The quantitative estimate of drug-likeness (QED) is 0.232. The average molecular weight is 369 g/mol. The molecule has 1 rings (SSSR count). The van der Waals surface area contributed by atoms with E-state index in [1.165, 1.54) is 50.0 Å². The Bertz CT molecular complexity index is 440. The first-order valence-corrected chi connectivity index (χ1v) is 10.2. The summed E-state index contributed by atoms with van der Waals surface area (Å²) in [5, 5.41) is 10.1. The van der Waals surface area contributed by atoms with Gasteiger partial charge in [-0.1, -0.05) is 71.6 Å². The molecule has 1 aliphatic rings. The third-order valence-corrected chi connectivity index (χ3v) is 4.91. The van der Waals surface area contributed by atoms with Crippen LogP contribution in [0.3, 0.4) is 0 Å². The number of carbonyl (C=O) groups excluding carboxylic acids is 2. The van der Waals surface area contributed by atoms with Gasteiger partial charge in [0.1, 0.15) is 12.3 Å². The summed E-state index contributed by atoms with van der Waals surface area (Å²) in [5.74, 6) is -0.113. The number of aliphatic carboxylic acids is 1. The number of hydrazine groups is 1. The minimum absolute atomic E-state index is 0.0114. The number of carboxylic acids is 1. The van der Waals surface area contributed by atoms with Gasteiger partial charge in [-0.25, -0.2) is 5.43 Å². The summed E-state index contributed by atoms with van der Waals surface area (Å²) in [6.07, 6.45) is 12.9. The van der Waals surface area contributed by atoms with Crippen LogP contribution < -0.4 is 5.43 Å². The van der Waals surface area contributed by atoms with Gasteiger partial charge in [-0.05, 0) is 18.8 Å². The van der Waals surface area contributed by atoms with Crippen molar-refractivity contribution in [2.75, 3.05) is 0 Å². The molecule has 1 amide bonds. The standard InChI is InChI=1S/C20H36N2O4/c1-16(2)11-9-7-5-3-4-6-8-10-12-18-20(26)22(18)21-17(15-23)13-14-19(24)25/h15-18,21H,3-14H2,1-2H3,(H,24,25)/t17-,18?,22?/m1/s1. The van der Waals surface area contributed by atoms with E-state index in [-0.39, 0.29) is 24.8 Å². The van der Waals surface area contributed by atoms with E-state index in [9.17, 15) is 14.4 Å². The maximum absolute atomic E-state index is 11.8. The molecule has 0 aliphatic carbocycles. The number of carboxylic acid groups (broad SMARTS) is 1. The van der Waals surface area contributed by atoms with Crippen LogP contribution in [-0.4, -0.2) is 40.4 Å². The Morgan fingerprint density at radius 2 is 1.65 bits per heavy atom. The van der Waals surface area contributed by atoms with Gasteiger partial charge in [-0.15, -0.1) is 0 Å².